The van der Waals surface area contributed by atoms with Gasteiger partial charge in [0.1, 0.15) is 11.2 Å². The number of hydrogen-bond donors (Lipinski definition) is 2. The Morgan fingerprint density at radius 1 is 1.09 bits per heavy atom. The Kier molecular flexibility index (Phi) is 4.93. The van der Waals surface area contributed by atoms with Crippen LogP contribution >= 0.6 is 11.6 Å². The van der Waals surface area contributed by atoms with Crippen LogP contribution in [0.1, 0.15) is 10.4 Å². The molecule has 0 saturated carbocycles. The Balaban J connectivity index is 1.72. The number of carboxylic acids is 1. The summed E-state index contributed by atoms with van der Waals surface area (Å²) in [5.74, 6) is -0.495. The third-order valence-corrected chi connectivity index (χ3v) is 6.34. The molecule has 0 bridgehead atoms. The molecule has 2 aromatic carbocycles. The summed E-state index contributed by atoms with van der Waals surface area (Å²) < 4.78 is 7.43. The fourth-order valence-electron chi connectivity index (χ4n) is 4.45. The summed E-state index contributed by atoms with van der Waals surface area (Å²) in [6.07, 6.45) is 3.33. The molecular weight excluding hydrogens is 456 g/mol. The molecule has 1 aliphatic heterocycles. The van der Waals surface area contributed by atoms with Gasteiger partial charge in [-0.3, -0.25) is 14.6 Å². The van der Waals surface area contributed by atoms with Gasteiger partial charge in [0.15, 0.2) is 5.82 Å². The number of aromatic carboxylic acids is 1. The second-order valence-corrected chi connectivity index (χ2v) is 8.38. The van der Waals surface area contributed by atoms with Crippen molar-refractivity contribution in [1.82, 2.24) is 24.7 Å². The maximum absolute atomic E-state index is 12.3. The molecule has 4 heterocycles. The van der Waals surface area contributed by atoms with Crippen molar-refractivity contribution in [2.75, 3.05) is 31.2 Å². The van der Waals surface area contributed by atoms with Crippen LogP contribution in [0.15, 0.2) is 54.9 Å². The number of anilines is 1. The fourth-order valence-corrected chi connectivity index (χ4v) is 4.68. The van der Waals surface area contributed by atoms with Gasteiger partial charge in [-0.25, -0.2) is 9.78 Å². The monoisotopic (exact) mass is 474 g/mol. The zero-order valence-electron chi connectivity index (χ0n) is 17.9. The van der Waals surface area contributed by atoms with Gasteiger partial charge < -0.3 is 14.7 Å². The number of aromatic amines is 1. The van der Waals surface area contributed by atoms with Crippen LogP contribution in [0.5, 0.6) is 0 Å². The van der Waals surface area contributed by atoms with E-state index < -0.39 is 5.97 Å². The van der Waals surface area contributed by atoms with Crippen LogP contribution < -0.4 is 4.90 Å². The van der Waals surface area contributed by atoms with E-state index in [1.807, 2.05) is 28.8 Å². The van der Waals surface area contributed by atoms with Gasteiger partial charge in [-0.15, -0.1) is 0 Å². The number of aromatic nitrogens is 5. The number of imidazole rings is 1. The van der Waals surface area contributed by atoms with Crippen LogP contribution in [0.3, 0.4) is 0 Å². The van der Waals surface area contributed by atoms with Crippen molar-refractivity contribution in [3.8, 4) is 17.2 Å². The van der Waals surface area contributed by atoms with E-state index in [4.69, 9.17) is 21.3 Å². The van der Waals surface area contributed by atoms with Crippen molar-refractivity contribution < 1.29 is 14.6 Å². The Labute approximate surface area is 198 Å². The number of fused-ring (bicyclic) bond motifs is 2. The van der Waals surface area contributed by atoms with Crippen molar-refractivity contribution in [2.24, 2.45) is 0 Å². The van der Waals surface area contributed by atoms with E-state index in [-0.39, 0.29) is 5.56 Å². The molecule has 0 atom stereocenters. The van der Waals surface area contributed by atoms with Gasteiger partial charge in [-0.05, 0) is 30.3 Å². The molecule has 170 valence electrons. The van der Waals surface area contributed by atoms with Crippen molar-refractivity contribution in [3.63, 3.8) is 0 Å². The Bertz CT molecular complexity index is 1540. The second-order valence-electron chi connectivity index (χ2n) is 7.97. The van der Waals surface area contributed by atoms with E-state index in [9.17, 15) is 9.90 Å². The highest BCUT2D eigenvalue weighted by atomic mass is 35.5. The van der Waals surface area contributed by atoms with Crippen molar-refractivity contribution >= 4 is 45.2 Å². The van der Waals surface area contributed by atoms with Crippen LogP contribution in [-0.2, 0) is 4.74 Å². The number of nitrogens with one attached hydrogen (secondary N) is 1. The van der Waals surface area contributed by atoms with Gasteiger partial charge in [0.2, 0.25) is 0 Å². The Morgan fingerprint density at radius 3 is 2.71 bits per heavy atom. The van der Waals surface area contributed by atoms with Gasteiger partial charge in [0.05, 0.1) is 40.5 Å². The average Bonchev–Trinajstić information content (AvgIpc) is 3.52. The van der Waals surface area contributed by atoms with Crippen molar-refractivity contribution in [2.45, 2.75) is 0 Å². The lowest BCUT2D eigenvalue weighted by Gasteiger charge is -2.29. The minimum absolute atomic E-state index is 0.134. The average molecular weight is 475 g/mol. The molecule has 1 saturated heterocycles. The lowest BCUT2D eigenvalue weighted by molar-refractivity contribution is 0.0699. The quantitative estimate of drug-likeness (QED) is 0.402. The highest BCUT2D eigenvalue weighted by molar-refractivity contribution is 6.35. The minimum Gasteiger partial charge on any atom is -0.478 e. The predicted octanol–water partition coefficient (Wildman–Crippen LogP) is 4.15. The number of carboxylic acid groups (broad SMARTS) is 1. The molecular formula is C24H19ClN6O3. The van der Waals surface area contributed by atoms with E-state index in [0.29, 0.717) is 59.4 Å². The number of nitrogens with zero attached hydrogens (tertiary/aromatic N) is 5. The standard InChI is InChI=1S/C24H19ClN6O3/c25-17-3-1-2-15-19(5-6-26-21(15)17)31-20-13-14(30-8-10-34-11-9-30)12-16(24(32)33)22(20)28-23(31)18-4-7-27-29-18/h1-7,12-13H,8-11H2,(H,27,29)(H,32,33). The predicted molar refractivity (Wildman–Crippen MR) is 129 cm³/mol. The molecule has 3 aromatic heterocycles. The molecule has 9 nitrogen and oxygen atoms in total. The lowest BCUT2D eigenvalue weighted by Crippen LogP contribution is -2.36. The molecule has 2 N–H and O–H groups in total. The molecule has 0 spiro atoms. The smallest absolute Gasteiger partial charge is 0.338 e. The largest absolute Gasteiger partial charge is 0.478 e. The van der Waals surface area contributed by atoms with E-state index in [2.05, 4.69) is 20.1 Å². The number of rotatable bonds is 4. The SMILES string of the molecule is O=C(O)c1cc(N2CCOCC2)cc2c1nc(-c1ccn[nH]1)n2-c1ccnc2c(Cl)cccc12. The lowest BCUT2D eigenvalue weighted by atomic mass is 10.1. The number of H-pyrrole nitrogens is 1. The molecule has 1 fully saturated rings. The highest BCUT2D eigenvalue weighted by Crippen LogP contribution is 2.36. The zero-order valence-corrected chi connectivity index (χ0v) is 18.7. The number of para-hydroxylation sites is 1. The van der Waals surface area contributed by atoms with Gasteiger partial charge in [-0.1, -0.05) is 23.7 Å². The van der Waals surface area contributed by atoms with Gasteiger partial charge in [-0.2, -0.15) is 5.10 Å². The van der Waals surface area contributed by atoms with E-state index in [1.165, 1.54) is 0 Å². The van der Waals surface area contributed by atoms with Crippen LogP contribution in [0.4, 0.5) is 5.69 Å². The topological polar surface area (TPSA) is 109 Å². The highest BCUT2D eigenvalue weighted by Gasteiger charge is 2.24. The summed E-state index contributed by atoms with van der Waals surface area (Å²) in [6.45, 7) is 2.54. The molecule has 0 aliphatic carbocycles. The number of pyridine rings is 1. The first-order chi connectivity index (χ1) is 16.6. The van der Waals surface area contributed by atoms with Crippen LogP contribution in [0.2, 0.25) is 5.02 Å². The van der Waals surface area contributed by atoms with Crippen LogP contribution in [0.25, 0.3) is 39.1 Å². The van der Waals surface area contributed by atoms with Gasteiger partial charge >= 0.3 is 5.97 Å². The van der Waals surface area contributed by atoms with Crippen molar-refractivity contribution in [1.29, 1.82) is 0 Å². The van der Waals surface area contributed by atoms with Gasteiger partial charge in [0, 0.05) is 36.6 Å². The molecule has 5 aromatic rings. The molecule has 1 aliphatic rings. The summed E-state index contributed by atoms with van der Waals surface area (Å²) >= 11 is 6.44. The third kappa shape index (κ3) is 3.28. The summed E-state index contributed by atoms with van der Waals surface area (Å²) in [6, 6.07) is 12.9. The molecule has 10 heteroatoms. The maximum Gasteiger partial charge on any atom is 0.338 e. The number of hydrogen-bond acceptors (Lipinski definition) is 6. The molecule has 0 unspecified atom stereocenters. The molecule has 34 heavy (non-hydrogen) atoms. The summed E-state index contributed by atoms with van der Waals surface area (Å²) in [7, 11) is 0. The zero-order chi connectivity index (χ0) is 23.2. The first-order valence-electron chi connectivity index (χ1n) is 10.8. The van der Waals surface area contributed by atoms with Gasteiger partial charge in [0.25, 0.3) is 0 Å². The summed E-state index contributed by atoms with van der Waals surface area (Å²) in [4.78, 5) is 23.7. The Morgan fingerprint density at radius 2 is 1.94 bits per heavy atom. The number of halogens is 1. The van der Waals surface area contributed by atoms with Crippen molar-refractivity contribution in [3.05, 3.63) is 65.4 Å². The second kappa shape index (κ2) is 8.12. The first-order valence-corrected chi connectivity index (χ1v) is 11.2. The number of benzene rings is 2. The van der Waals surface area contributed by atoms with Crippen LogP contribution in [-0.4, -0.2) is 62.1 Å². The number of carbonyl (C=O) groups is 1. The summed E-state index contributed by atoms with van der Waals surface area (Å²) in [5.41, 5.74) is 4.10. The minimum atomic E-state index is -1.04. The third-order valence-electron chi connectivity index (χ3n) is 6.03. The molecule has 0 amide bonds. The normalized spacial score (nSPS) is 14.2. The number of ether oxygens (including phenoxy) is 1. The Hall–Kier alpha value is -3.95. The molecule has 0 radical (unpaired) electrons. The summed E-state index contributed by atoms with van der Waals surface area (Å²) in [5, 5.41) is 18.5. The number of morpholine rings is 1. The van der Waals surface area contributed by atoms with E-state index in [1.54, 1.807) is 30.6 Å². The molecule has 6 rings (SSSR count). The fraction of sp³-hybridized carbons (Fsp3) is 0.167. The maximum atomic E-state index is 12.3. The van der Waals surface area contributed by atoms with Crippen LogP contribution in [0, 0.1) is 0 Å². The van der Waals surface area contributed by atoms with E-state index in [0.717, 1.165) is 16.8 Å². The van der Waals surface area contributed by atoms with E-state index >= 15 is 0 Å². The first kappa shape index (κ1) is 20.6.